The maximum absolute atomic E-state index is 12.9. The highest BCUT2D eigenvalue weighted by atomic mass is 19.4. The molecule has 0 spiro atoms. The maximum atomic E-state index is 12.9. The van der Waals surface area contributed by atoms with Gasteiger partial charge in [-0.1, -0.05) is 0 Å². The molecule has 0 aliphatic rings. The Balaban J connectivity index is 3.53. The van der Waals surface area contributed by atoms with Crippen molar-refractivity contribution in [2.24, 2.45) is 0 Å². The first-order valence-corrected chi connectivity index (χ1v) is 3.84. The Hall–Kier alpha value is -1.87. The van der Waals surface area contributed by atoms with Crippen LogP contribution in [-0.4, -0.2) is 9.91 Å². The highest BCUT2D eigenvalue weighted by Crippen LogP contribution is 2.35. The predicted octanol–water partition coefficient (Wildman–Crippen LogP) is 3.09. The van der Waals surface area contributed by atoms with Gasteiger partial charge in [-0.2, -0.15) is 13.2 Å². The Morgan fingerprint density at radius 2 is 1.88 bits per heavy atom. The largest absolute Gasteiger partial charge is 0.458 e. The molecule has 0 amide bonds. The molecular formula is C7H2F6N2O2. The molecule has 0 atom stereocenters. The van der Waals surface area contributed by atoms with Crippen molar-refractivity contribution >= 4 is 5.82 Å². The van der Waals surface area contributed by atoms with E-state index in [0.29, 0.717) is 0 Å². The molecule has 0 N–H and O–H groups in total. The van der Waals surface area contributed by atoms with Crippen LogP contribution in [0.4, 0.5) is 32.2 Å². The summed E-state index contributed by atoms with van der Waals surface area (Å²) in [4.78, 5) is 11.0. The van der Waals surface area contributed by atoms with Gasteiger partial charge in [0.25, 0.3) is 12.1 Å². The smallest absolute Gasteiger partial charge is 0.358 e. The van der Waals surface area contributed by atoms with Crippen LogP contribution in [0, 0.1) is 15.9 Å². The lowest BCUT2D eigenvalue weighted by atomic mass is 10.2. The number of nitrogens with zero attached hydrogens (tertiary/aromatic N) is 2. The molecule has 4 nitrogen and oxygen atoms in total. The van der Waals surface area contributed by atoms with Gasteiger partial charge in [0.05, 0.1) is 0 Å². The van der Waals surface area contributed by atoms with Gasteiger partial charge in [-0.3, -0.25) is 0 Å². The number of hydrogen-bond donors (Lipinski definition) is 0. The maximum Gasteiger partial charge on any atom is 0.458 e. The average molecular weight is 260 g/mol. The zero-order chi connectivity index (χ0) is 13.4. The summed E-state index contributed by atoms with van der Waals surface area (Å²) in [7, 11) is 0. The number of pyridine rings is 1. The monoisotopic (exact) mass is 260 g/mol. The van der Waals surface area contributed by atoms with Crippen LogP contribution in [-0.2, 0) is 6.18 Å². The molecule has 17 heavy (non-hydrogen) atoms. The number of nitro groups is 1. The van der Waals surface area contributed by atoms with Crippen LogP contribution in [0.15, 0.2) is 6.07 Å². The standard InChI is InChI=1S/C7H2F6N2O2/c8-2-1-3(7(11,12)13)14-6(15(16)17)4(2)5(9)10/h1,5H. The molecule has 1 heterocycles. The number of aromatic nitrogens is 1. The van der Waals surface area contributed by atoms with E-state index in [1.165, 1.54) is 0 Å². The lowest BCUT2D eigenvalue weighted by Crippen LogP contribution is -2.12. The zero-order valence-electron chi connectivity index (χ0n) is 7.63. The minimum atomic E-state index is -5.16. The SMILES string of the molecule is O=[N+]([O-])c1nc(C(F)(F)F)cc(F)c1C(F)F. The molecule has 0 bridgehead atoms. The van der Waals surface area contributed by atoms with E-state index in [2.05, 4.69) is 4.98 Å². The van der Waals surface area contributed by atoms with Gasteiger partial charge in [0.1, 0.15) is 5.82 Å². The summed E-state index contributed by atoms with van der Waals surface area (Å²) in [6.07, 6.45) is -8.79. The minimum absolute atomic E-state index is 0.311. The summed E-state index contributed by atoms with van der Waals surface area (Å²) >= 11 is 0. The van der Waals surface area contributed by atoms with Gasteiger partial charge in [0, 0.05) is 6.07 Å². The first-order chi connectivity index (χ1) is 7.64. The molecule has 0 fully saturated rings. The van der Waals surface area contributed by atoms with E-state index in [-0.39, 0.29) is 6.07 Å². The Kier molecular flexibility index (Phi) is 3.25. The van der Waals surface area contributed by atoms with Crippen LogP contribution in [0.1, 0.15) is 17.7 Å². The lowest BCUT2D eigenvalue weighted by Gasteiger charge is -2.06. The predicted molar refractivity (Wildman–Crippen MR) is 40.8 cm³/mol. The van der Waals surface area contributed by atoms with Crippen LogP contribution in [0.25, 0.3) is 0 Å². The molecule has 0 aliphatic heterocycles. The Labute approximate surface area is 89.0 Å². The molecule has 1 aromatic heterocycles. The van der Waals surface area contributed by atoms with Crippen molar-refractivity contribution in [3.8, 4) is 0 Å². The van der Waals surface area contributed by atoms with Gasteiger partial charge in [0.15, 0.2) is 5.56 Å². The van der Waals surface area contributed by atoms with E-state index in [9.17, 15) is 36.5 Å². The van der Waals surface area contributed by atoms with Crippen molar-refractivity contribution < 1.29 is 31.3 Å². The van der Waals surface area contributed by atoms with Crippen molar-refractivity contribution in [1.82, 2.24) is 4.98 Å². The normalized spacial score (nSPS) is 11.9. The highest BCUT2D eigenvalue weighted by Gasteiger charge is 2.41. The molecule has 0 saturated heterocycles. The van der Waals surface area contributed by atoms with Gasteiger partial charge in [-0.05, 0) is 9.91 Å². The summed E-state index contributed by atoms with van der Waals surface area (Å²) in [5.74, 6) is -3.86. The number of alkyl halides is 5. The van der Waals surface area contributed by atoms with Gasteiger partial charge >= 0.3 is 12.0 Å². The second-order valence-electron chi connectivity index (χ2n) is 2.78. The Morgan fingerprint density at radius 1 is 1.35 bits per heavy atom. The van der Waals surface area contributed by atoms with Crippen LogP contribution < -0.4 is 0 Å². The van der Waals surface area contributed by atoms with Gasteiger partial charge < -0.3 is 10.1 Å². The molecule has 1 aromatic rings. The minimum Gasteiger partial charge on any atom is -0.358 e. The fourth-order valence-electron chi connectivity index (χ4n) is 0.997. The number of halogens is 6. The molecule has 0 aromatic carbocycles. The fourth-order valence-corrected chi connectivity index (χ4v) is 0.997. The summed E-state index contributed by atoms with van der Waals surface area (Å²) in [5, 5.41) is 10.2. The van der Waals surface area contributed by atoms with Crippen LogP contribution in [0.5, 0.6) is 0 Å². The van der Waals surface area contributed by atoms with E-state index in [1.54, 1.807) is 0 Å². The molecule has 0 saturated carbocycles. The molecule has 1 rings (SSSR count). The summed E-state index contributed by atoms with van der Waals surface area (Å²) in [5.41, 5.74) is -3.70. The van der Waals surface area contributed by atoms with Crippen molar-refractivity contribution in [1.29, 1.82) is 0 Å². The topological polar surface area (TPSA) is 56.0 Å². The second-order valence-corrected chi connectivity index (χ2v) is 2.78. The van der Waals surface area contributed by atoms with E-state index >= 15 is 0 Å². The van der Waals surface area contributed by atoms with Crippen LogP contribution in [0.3, 0.4) is 0 Å². The van der Waals surface area contributed by atoms with Gasteiger partial charge in [-0.15, -0.1) is 0 Å². The average Bonchev–Trinajstić information content (AvgIpc) is 2.13. The number of rotatable bonds is 2. The summed E-state index contributed by atoms with van der Waals surface area (Å²) in [6.45, 7) is 0. The van der Waals surface area contributed by atoms with Crippen LogP contribution >= 0.6 is 0 Å². The summed E-state index contributed by atoms with van der Waals surface area (Å²) in [6, 6.07) is -0.311. The summed E-state index contributed by atoms with van der Waals surface area (Å²) < 4.78 is 73.7. The molecule has 10 heteroatoms. The first kappa shape index (κ1) is 13.2. The Morgan fingerprint density at radius 3 is 2.24 bits per heavy atom. The Bertz CT molecular complexity index is 458. The molecule has 94 valence electrons. The quantitative estimate of drug-likeness (QED) is 0.466. The van der Waals surface area contributed by atoms with Gasteiger partial charge in [0.2, 0.25) is 0 Å². The molecule has 0 unspecified atom stereocenters. The third-order valence-corrected chi connectivity index (χ3v) is 1.67. The third-order valence-electron chi connectivity index (χ3n) is 1.67. The van der Waals surface area contributed by atoms with Gasteiger partial charge in [-0.25, -0.2) is 13.2 Å². The van der Waals surface area contributed by atoms with Crippen molar-refractivity contribution in [3.63, 3.8) is 0 Å². The van der Waals surface area contributed by atoms with E-state index in [4.69, 9.17) is 0 Å². The van der Waals surface area contributed by atoms with Crippen LogP contribution in [0.2, 0.25) is 0 Å². The first-order valence-electron chi connectivity index (χ1n) is 3.84. The van der Waals surface area contributed by atoms with E-state index in [0.717, 1.165) is 0 Å². The molecule has 0 aliphatic carbocycles. The number of hydrogen-bond acceptors (Lipinski definition) is 3. The van der Waals surface area contributed by atoms with Crippen molar-refractivity contribution in [2.45, 2.75) is 12.6 Å². The molecular weight excluding hydrogens is 258 g/mol. The third kappa shape index (κ3) is 2.63. The highest BCUT2D eigenvalue weighted by molar-refractivity contribution is 5.37. The lowest BCUT2D eigenvalue weighted by molar-refractivity contribution is -0.391. The van der Waals surface area contributed by atoms with Crippen molar-refractivity contribution in [3.05, 3.63) is 33.3 Å². The second kappa shape index (κ2) is 4.18. The zero-order valence-corrected chi connectivity index (χ0v) is 7.63. The van der Waals surface area contributed by atoms with E-state index < -0.39 is 40.4 Å². The van der Waals surface area contributed by atoms with E-state index in [1.807, 2.05) is 0 Å². The fraction of sp³-hybridized carbons (Fsp3) is 0.286. The van der Waals surface area contributed by atoms with Crippen molar-refractivity contribution in [2.75, 3.05) is 0 Å². The molecule has 0 radical (unpaired) electrons.